The highest BCUT2D eigenvalue weighted by molar-refractivity contribution is 7.73. The number of aromatic nitrogens is 2. The molecule has 0 saturated heterocycles. The average molecular weight is 274 g/mol. The van der Waals surface area contributed by atoms with Gasteiger partial charge in [-0.05, 0) is 24.4 Å². The molecule has 0 amide bonds. The van der Waals surface area contributed by atoms with Crippen molar-refractivity contribution in [1.29, 1.82) is 0 Å². The number of hydrogen-bond acceptors (Lipinski definition) is 5. The molecular formula is C9H8ClN3OS2. The van der Waals surface area contributed by atoms with Crippen LogP contribution in [0.1, 0.15) is 0 Å². The van der Waals surface area contributed by atoms with Crippen LogP contribution in [-0.4, -0.2) is 17.3 Å². The van der Waals surface area contributed by atoms with E-state index < -0.39 is 0 Å². The molecule has 2 aromatic rings. The molecule has 2 rings (SSSR count). The average Bonchev–Trinajstić information content (AvgIpc) is 2.67. The maximum absolute atomic E-state index is 5.86. The second-order valence-electron chi connectivity index (χ2n) is 2.89. The number of methoxy groups -OCH3 is 1. The number of aromatic amines is 1. The third-order valence-electron chi connectivity index (χ3n) is 1.84. The molecule has 0 saturated carbocycles. The second kappa shape index (κ2) is 4.82. The smallest absolute Gasteiger partial charge is 0.208 e. The fourth-order valence-electron chi connectivity index (χ4n) is 1.17. The first-order chi connectivity index (χ1) is 7.69. The predicted molar refractivity (Wildman–Crippen MR) is 68.6 cm³/mol. The fourth-order valence-corrected chi connectivity index (χ4v) is 2.13. The van der Waals surface area contributed by atoms with E-state index in [4.69, 9.17) is 28.6 Å². The molecule has 0 atom stereocenters. The van der Waals surface area contributed by atoms with E-state index in [1.807, 2.05) is 6.07 Å². The Bertz CT molecular complexity index is 552. The van der Waals surface area contributed by atoms with Gasteiger partial charge in [-0.1, -0.05) is 22.9 Å². The first-order valence-electron chi connectivity index (χ1n) is 4.35. The number of ether oxygens (including phenoxy) is 1. The van der Waals surface area contributed by atoms with Crippen LogP contribution in [0, 0.1) is 3.95 Å². The van der Waals surface area contributed by atoms with Gasteiger partial charge in [0, 0.05) is 11.1 Å². The number of rotatable bonds is 3. The summed E-state index contributed by atoms with van der Waals surface area (Å²) in [6.07, 6.45) is 0. The minimum absolute atomic E-state index is 0.621. The first-order valence-corrected chi connectivity index (χ1v) is 5.95. The van der Waals surface area contributed by atoms with Crippen molar-refractivity contribution in [1.82, 2.24) is 10.2 Å². The van der Waals surface area contributed by atoms with Gasteiger partial charge in [0.15, 0.2) is 3.95 Å². The van der Waals surface area contributed by atoms with Crippen LogP contribution in [0.25, 0.3) is 0 Å². The molecule has 2 N–H and O–H groups in total. The molecule has 0 fully saturated rings. The molecule has 84 valence electrons. The summed E-state index contributed by atoms with van der Waals surface area (Å²) in [5, 5.41) is 11.1. The Morgan fingerprint density at radius 3 is 3.00 bits per heavy atom. The van der Waals surface area contributed by atoms with Gasteiger partial charge >= 0.3 is 0 Å². The van der Waals surface area contributed by atoms with Crippen molar-refractivity contribution in [2.45, 2.75) is 0 Å². The molecule has 0 unspecified atom stereocenters. The SMILES string of the molecule is COc1cc(Cl)ccc1Nc1n[nH]c(=S)s1. The lowest BCUT2D eigenvalue weighted by molar-refractivity contribution is 0.417. The minimum Gasteiger partial charge on any atom is -0.495 e. The van der Waals surface area contributed by atoms with Gasteiger partial charge in [-0.25, -0.2) is 0 Å². The molecule has 1 heterocycles. The zero-order chi connectivity index (χ0) is 11.5. The van der Waals surface area contributed by atoms with Crippen LogP contribution in [0.4, 0.5) is 10.8 Å². The first kappa shape index (κ1) is 11.4. The van der Waals surface area contributed by atoms with Gasteiger partial charge in [-0.15, -0.1) is 5.10 Å². The molecule has 0 radical (unpaired) electrons. The topological polar surface area (TPSA) is 49.9 Å². The van der Waals surface area contributed by atoms with E-state index in [-0.39, 0.29) is 0 Å². The molecule has 0 aliphatic heterocycles. The third-order valence-corrected chi connectivity index (χ3v) is 3.08. The normalized spacial score (nSPS) is 10.1. The Morgan fingerprint density at radius 2 is 2.38 bits per heavy atom. The van der Waals surface area contributed by atoms with E-state index in [1.165, 1.54) is 11.3 Å². The van der Waals surface area contributed by atoms with Crippen LogP contribution in [0.3, 0.4) is 0 Å². The standard InChI is InChI=1S/C9H8ClN3OS2/c1-14-7-4-5(10)2-3-6(7)11-8-12-13-9(15)16-8/h2-4H,1H3,(H,11,12)(H,13,15). The van der Waals surface area contributed by atoms with Gasteiger partial charge in [-0.3, -0.25) is 5.10 Å². The summed E-state index contributed by atoms with van der Waals surface area (Å²) < 4.78 is 5.82. The Morgan fingerprint density at radius 1 is 1.56 bits per heavy atom. The zero-order valence-corrected chi connectivity index (χ0v) is 10.7. The van der Waals surface area contributed by atoms with Crippen LogP contribution in [0.15, 0.2) is 18.2 Å². The Kier molecular flexibility index (Phi) is 3.42. The van der Waals surface area contributed by atoms with Crippen molar-refractivity contribution in [3.63, 3.8) is 0 Å². The molecule has 1 aromatic carbocycles. The summed E-state index contributed by atoms with van der Waals surface area (Å²) in [6, 6.07) is 5.33. The van der Waals surface area contributed by atoms with Crippen LogP contribution < -0.4 is 10.1 Å². The quantitative estimate of drug-likeness (QED) is 0.839. The van der Waals surface area contributed by atoms with Crippen molar-refractivity contribution in [2.75, 3.05) is 12.4 Å². The van der Waals surface area contributed by atoms with Gasteiger partial charge in [0.25, 0.3) is 0 Å². The van der Waals surface area contributed by atoms with E-state index in [0.717, 1.165) is 5.69 Å². The lowest BCUT2D eigenvalue weighted by atomic mass is 10.3. The fraction of sp³-hybridized carbons (Fsp3) is 0.111. The monoisotopic (exact) mass is 273 g/mol. The third kappa shape index (κ3) is 2.52. The van der Waals surface area contributed by atoms with Crippen LogP contribution in [0.2, 0.25) is 5.02 Å². The molecule has 7 heteroatoms. The van der Waals surface area contributed by atoms with Crippen LogP contribution in [-0.2, 0) is 0 Å². The number of benzene rings is 1. The number of anilines is 2. The van der Waals surface area contributed by atoms with Crippen molar-refractivity contribution in [3.8, 4) is 5.75 Å². The maximum atomic E-state index is 5.86. The number of halogens is 1. The van der Waals surface area contributed by atoms with Crippen LogP contribution in [0.5, 0.6) is 5.75 Å². The van der Waals surface area contributed by atoms with E-state index in [0.29, 0.717) is 19.9 Å². The summed E-state index contributed by atoms with van der Waals surface area (Å²) >= 11 is 12.2. The van der Waals surface area contributed by atoms with Gasteiger partial charge < -0.3 is 10.1 Å². The highest BCUT2D eigenvalue weighted by atomic mass is 35.5. The highest BCUT2D eigenvalue weighted by Crippen LogP contribution is 2.30. The summed E-state index contributed by atoms with van der Waals surface area (Å²) in [5.74, 6) is 0.661. The molecule has 0 aliphatic rings. The lowest BCUT2D eigenvalue weighted by Gasteiger charge is -2.08. The van der Waals surface area contributed by atoms with Gasteiger partial charge in [0.05, 0.1) is 12.8 Å². The molecule has 0 spiro atoms. The summed E-state index contributed by atoms with van der Waals surface area (Å²) in [5.41, 5.74) is 0.796. The van der Waals surface area contributed by atoms with Crippen molar-refractivity contribution < 1.29 is 4.74 Å². The second-order valence-corrected chi connectivity index (χ2v) is 4.99. The van der Waals surface area contributed by atoms with E-state index >= 15 is 0 Å². The molecular weight excluding hydrogens is 266 g/mol. The summed E-state index contributed by atoms with van der Waals surface area (Å²) in [6.45, 7) is 0. The predicted octanol–water partition coefficient (Wildman–Crippen LogP) is 3.61. The largest absolute Gasteiger partial charge is 0.495 e. The minimum atomic E-state index is 0.621. The summed E-state index contributed by atoms with van der Waals surface area (Å²) in [4.78, 5) is 0. The Hall–Kier alpha value is -1.11. The van der Waals surface area contributed by atoms with Gasteiger partial charge in [0.2, 0.25) is 5.13 Å². The number of hydrogen-bond donors (Lipinski definition) is 2. The molecule has 0 bridgehead atoms. The van der Waals surface area contributed by atoms with E-state index in [1.54, 1.807) is 19.2 Å². The molecule has 0 aliphatic carbocycles. The van der Waals surface area contributed by atoms with E-state index in [9.17, 15) is 0 Å². The van der Waals surface area contributed by atoms with Gasteiger partial charge in [0.1, 0.15) is 5.75 Å². The number of nitrogens with zero attached hydrogens (tertiary/aromatic N) is 1. The van der Waals surface area contributed by atoms with Gasteiger partial charge in [-0.2, -0.15) is 0 Å². The molecule has 1 aromatic heterocycles. The molecule has 16 heavy (non-hydrogen) atoms. The van der Waals surface area contributed by atoms with Crippen molar-refractivity contribution >= 4 is 46.0 Å². The van der Waals surface area contributed by atoms with Crippen LogP contribution >= 0.6 is 35.2 Å². The van der Waals surface area contributed by atoms with Crippen molar-refractivity contribution in [3.05, 3.63) is 27.2 Å². The van der Waals surface area contributed by atoms with E-state index in [2.05, 4.69) is 15.5 Å². The number of nitrogens with one attached hydrogen (secondary N) is 2. The van der Waals surface area contributed by atoms with Crippen molar-refractivity contribution in [2.24, 2.45) is 0 Å². The molecule has 4 nitrogen and oxygen atoms in total. The maximum Gasteiger partial charge on any atom is 0.208 e. The zero-order valence-electron chi connectivity index (χ0n) is 8.28. The Labute approximate surface area is 106 Å². The summed E-state index contributed by atoms with van der Waals surface area (Å²) in [7, 11) is 1.59. The highest BCUT2D eigenvalue weighted by Gasteiger charge is 2.05. The lowest BCUT2D eigenvalue weighted by Crippen LogP contribution is -1.94. The Balaban J connectivity index is 2.30. The number of H-pyrrole nitrogens is 1.